The van der Waals surface area contributed by atoms with Crippen molar-refractivity contribution < 1.29 is 9.72 Å². The van der Waals surface area contributed by atoms with Gasteiger partial charge in [0.25, 0.3) is 5.69 Å². The molecule has 0 aliphatic heterocycles. The summed E-state index contributed by atoms with van der Waals surface area (Å²) in [6.07, 6.45) is 2.22. The maximum absolute atomic E-state index is 11.2. The molecule has 0 aliphatic rings. The lowest BCUT2D eigenvalue weighted by Gasteiger charge is -2.01. The van der Waals surface area contributed by atoms with Gasteiger partial charge in [0.2, 0.25) is 5.91 Å². The minimum absolute atomic E-state index is 0.106. The normalized spacial score (nSPS) is 10.7. The number of carbonyl (C=O) groups excluding carboxylic acids is 1. The number of rotatable bonds is 8. The number of nitrogens with zero attached hydrogens (tertiary/aromatic N) is 3. The molecule has 0 unspecified atom stereocenters. The molecule has 1 aromatic carbocycles. The lowest BCUT2D eigenvalue weighted by atomic mass is 10.2. The average Bonchev–Trinajstić information content (AvgIpc) is 2.95. The molecule has 0 atom stereocenters. The number of unbranched alkanes of at least 4 members (excludes halogenated alkanes) is 1. The number of primary amides is 1. The van der Waals surface area contributed by atoms with Gasteiger partial charge in [0.1, 0.15) is 0 Å². The van der Waals surface area contributed by atoms with Crippen LogP contribution in [0.4, 0.5) is 5.69 Å². The van der Waals surface area contributed by atoms with Crippen LogP contribution in [0.5, 0.6) is 0 Å². The highest BCUT2D eigenvalue weighted by Gasteiger charge is 2.19. The van der Waals surface area contributed by atoms with E-state index in [1.165, 1.54) is 29.5 Å². The summed E-state index contributed by atoms with van der Waals surface area (Å²) >= 11 is 4.19. The molecule has 0 saturated heterocycles. The Hall–Kier alpha value is -1.65. The van der Waals surface area contributed by atoms with Crippen molar-refractivity contribution in [1.29, 1.82) is 0 Å². The van der Waals surface area contributed by atoms with Crippen molar-refractivity contribution in [3.05, 3.63) is 33.9 Å². The average molecular weight is 370 g/mol. The minimum atomic E-state index is -0.699. The molecule has 2 rings (SSSR count). The molecule has 0 fully saturated rings. The lowest BCUT2D eigenvalue weighted by molar-refractivity contribution is -0.387. The Morgan fingerprint density at radius 3 is 2.78 bits per heavy atom. The number of hydrogen-bond acceptors (Lipinski definition) is 8. The van der Waals surface area contributed by atoms with Crippen LogP contribution in [0.1, 0.15) is 30.1 Å². The third kappa shape index (κ3) is 4.91. The molecule has 2 N–H and O–H groups in total. The van der Waals surface area contributed by atoms with Crippen molar-refractivity contribution in [2.45, 2.75) is 33.3 Å². The molecule has 23 heavy (non-hydrogen) atoms. The van der Waals surface area contributed by atoms with Crippen LogP contribution in [0.25, 0.3) is 0 Å². The zero-order chi connectivity index (χ0) is 16.8. The molecule has 1 aromatic heterocycles. The van der Waals surface area contributed by atoms with Crippen molar-refractivity contribution in [2.24, 2.45) is 5.73 Å². The number of benzene rings is 1. The van der Waals surface area contributed by atoms with Gasteiger partial charge in [-0.2, -0.15) is 0 Å². The number of nitro benzene ring substituents is 1. The molecule has 2 aromatic rings. The fraction of sp³-hybridized carbons (Fsp3) is 0.308. The topological polar surface area (TPSA) is 112 Å². The summed E-state index contributed by atoms with van der Waals surface area (Å²) in [5.74, 6) is 0.277. The van der Waals surface area contributed by atoms with Gasteiger partial charge in [-0.05, 0) is 18.6 Å². The van der Waals surface area contributed by atoms with E-state index in [0.29, 0.717) is 9.24 Å². The first-order valence-electron chi connectivity index (χ1n) is 6.73. The van der Waals surface area contributed by atoms with Crippen LogP contribution in [0.15, 0.2) is 31.8 Å². The second-order valence-corrected chi connectivity index (χ2v) is 8.05. The monoisotopic (exact) mass is 370 g/mol. The van der Waals surface area contributed by atoms with E-state index in [1.807, 2.05) is 0 Å². The molecule has 0 aliphatic carbocycles. The second kappa shape index (κ2) is 8.27. The Bertz CT molecular complexity index is 720. The first kappa shape index (κ1) is 17.7. The standard InChI is InChI=1S/C13H14N4O3S3/c1-2-3-6-21-12-15-16-13(23-12)22-10-5-4-8(11(14)18)7-9(10)17(19)20/h4-5,7H,2-3,6H2,1H3,(H2,14,18). The fourth-order valence-corrected chi connectivity index (χ4v) is 4.81. The van der Waals surface area contributed by atoms with Crippen LogP contribution >= 0.6 is 34.9 Å². The van der Waals surface area contributed by atoms with Crippen LogP contribution < -0.4 is 5.73 Å². The van der Waals surface area contributed by atoms with Gasteiger partial charge in [-0.3, -0.25) is 14.9 Å². The van der Waals surface area contributed by atoms with E-state index in [4.69, 9.17) is 5.73 Å². The van der Waals surface area contributed by atoms with Gasteiger partial charge in [0, 0.05) is 17.4 Å². The van der Waals surface area contributed by atoms with Crippen molar-refractivity contribution in [1.82, 2.24) is 10.2 Å². The number of aromatic nitrogens is 2. The third-order valence-corrected chi connectivity index (χ3v) is 6.01. The highest BCUT2D eigenvalue weighted by molar-refractivity contribution is 8.03. The summed E-state index contributed by atoms with van der Waals surface area (Å²) in [5.41, 5.74) is 5.10. The molecule has 0 bridgehead atoms. The predicted molar refractivity (Wildman–Crippen MR) is 91.3 cm³/mol. The molecule has 0 saturated carbocycles. The first-order chi connectivity index (χ1) is 11.0. The second-order valence-electron chi connectivity index (χ2n) is 4.44. The Labute approximate surface area is 145 Å². The van der Waals surface area contributed by atoms with E-state index < -0.39 is 10.8 Å². The van der Waals surface area contributed by atoms with Gasteiger partial charge in [0.15, 0.2) is 8.68 Å². The highest BCUT2D eigenvalue weighted by atomic mass is 32.2. The molecular formula is C13H14N4O3S3. The summed E-state index contributed by atoms with van der Waals surface area (Å²) in [4.78, 5) is 22.2. The van der Waals surface area contributed by atoms with Crippen molar-refractivity contribution in [3.63, 3.8) is 0 Å². The van der Waals surface area contributed by atoms with E-state index in [1.54, 1.807) is 11.8 Å². The van der Waals surface area contributed by atoms with Crippen molar-refractivity contribution in [3.8, 4) is 0 Å². The summed E-state index contributed by atoms with van der Waals surface area (Å²) in [6, 6.07) is 4.16. The van der Waals surface area contributed by atoms with Crippen LogP contribution in [0.2, 0.25) is 0 Å². The molecule has 10 heteroatoms. The Kier molecular flexibility index (Phi) is 6.37. The number of nitrogens with two attached hydrogens (primary N) is 1. The van der Waals surface area contributed by atoms with E-state index in [9.17, 15) is 14.9 Å². The largest absolute Gasteiger partial charge is 0.366 e. The van der Waals surface area contributed by atoms with Gasteiger partial charge >= 0.3 is 0 Å². The summed E-state index contributed by atoms with van der Waals surface area (Å²) in [7, 11) is 0. The van der Waals surface area contributed by atoms with Gasteiger partial charge in [-0.25, -0.2) is 0 Å². The highest BCUT2D eigenvalue weighted by Crippen LogP contribution is 2.38. The minimum Gasteiger partial charge on any atom is -0.366 e. The Morgan fingerprint density at radius 2 is 2.13 bits per heavy atom. The molecule has 0 spiro atoms. The van der Waals surface area contributed by atoms with Crippen LogP contribution in [0.3, 0.4) is 0 Å². The SMILES string of the molecule is CCCCSc1nnc(Sc2ccc(C(N)=O)cc2[N+](=O)[O-])s1. The van der Waals surface area contributed by atoms with Gasteiger partial charge in [-0.1, -0.05) is 48.2 Å². The van der Waals surface area contributed by atoms with Gasteiger partial charge in [-0.15, -0.1) is 10.2 Å². The van der Waals surface area contributed by atoms with Crippen LogP contribution in [-0.2, 0) is 0 Å². The molecule has 7 nitrogen and oxygen atoms in total. The smallest absolute Gasteiger partial charge is 0.284 e. The quantitative estimate of drug-likeness (QED) is 0.327. The molecule has 0 radical (unpaired) electrons. The number of hydrogen-bond donors (Lipinski definition) is 1. The first-order valence-corrected chi connectivity index (χ1v) is 9.35. The predicted octanol–water partition coefficient (Wildman–Crippen LogP) is 3.59. The van der Waals surface area contributed by atoms with Crippen LogP contribution in [-0.4, -0.2) is 26.8 Å². The van der Waals surface area contributed by atoms with E-state index in [-0.39, 0.29) is 11.3 Å². The lowest BCUT2D eigenvalue weighted by Crippen LogP contribution is -2.11. The molecule has 1 heterocycles. The number of amides is 1. The maximum Gasteiger partial charge on any atom is 0.284 e. The Balaban J connectivity index is 2.16. The number of carbonyl (C=O) groups is 1. The fourth-order valence-electron chi connectivity index (χ4n) is 1.59. The Morgan fingerprint density at radius 1 is 1.39 bits per heavy atom. The van der Waals surface area contributed by atoms with E-state index in [2.05, 4.69) is 17.1 Å². The summed E-state index contributed by atoms with van der Waals surface area (Å²) < 4.78 is 1.47. The summed E-state index contributed by atoms with van der Waals surface area (Å²) in [5, 5.41) is 19.3. The van der Waals surface area contributed by atoms with Crippen molar-refractivity contribution >= 4 is 46.5 Å². The molecule has 1 amide bonds. The number of thioether (sulfide) groups is 1. The molecular weight excluding hydrogens is 356 g/mol. The van der Waals surface area contributed by atoms with Crippen molar-refractivity contribution in [2.75, 3.05) is 5.75 Å². The third-order valence-electron chi connectivity index (χ3n) is 2.75. The zero-order valence-electron chi connectivity index (χ0n) is 12.2. The van der Waals surface area contributed by atoms with E-state index in [0.717, 1.165) is 34.7 Å². The maximum atomic E-state index is 11.2. The van der Waals surface area contributed by atoms with Crippen LogP contribution in [0, 0.1) is 10.1 Å². The van der Waals surface area contributed by atoms with E-state index >= 15 is 0 Å². The zero-order valence-corrected chi connectivity index (χ0v) is 14.7. The summed E-state index contributed by atoms with van der Waals surface area (Å²) in [6.45, 7) is 2.12. The van der Waals surface area contributed by atoms with Gasteiger partial charge < -0.3 is 5.73 Å². The molecule has 122 valence electrons. The number of nitro groups is 1. The van der Waals surface area contributed by atoms with Gasteiger partial charge in [0.05, 0.1) is 9.82 Å².